The number of carbonyl (C=O) groups is 2. The molecule has 24 heavy (non-hydrogen) atoms. The molecule has 122 valence electrons. The van der Waals surface area contributed by atoms with E-state index in [1.807, 2.05) is 68.4 Å². The molecule has 0 saturated heterocycles. The van der Waals surface area contributed by atoms with Crippen LogP contribution in [0.1, 0.15) is 24.2 Å². The number of fused-ring (bicyclic) bond motifs is 2. The van der Waals surface area contributed by atoms with Crippen molar-refractivity contribution in [2.24, 2.45) is 0 Å². The molecule has 3 aromatic carbocycles. The Hall–Kier alpha value is -2.88. The lowest BCUT2D eigenvalue weighted by Gasteiger charge is -2.12. The van der Waals surface area contributed by atoms with Gasteiger partial charge in [-0.1, -0.05) is 48.5 Å². The first-order valence-electron chi connectivity index (χ1n) is 7.93. The number of benzene rings is 3. The predicted octanol–water partition coefficient (Wildman–Crippen LogP) is 3.67. The van der Waals surface area contributed by atoms with Crippen molar-refractivity contribution < 1.29 is 14.3 Å². The molecule has 1 amide bonds. The lowest BCUT2D eigenvalue weighted by Crippen LogP contribution is -2.34. The Morgan fingerprint density at radius 3 is 2.04 bits per heavy atom. The second kappa shape index (κ2) is 6.71. The Kier molecular flexibility index (Phi) is 4.47. The Balaban J connectivity index is 1.99. The largest absolute Gasteiger partial charge is 0.452 e. The van der Waals surface area contributed by atoms with Crippen molar-refractivity contribution in [2.75, 3.05) is 6.61 Å². The summed E-state index contributed by atoms with van der Waals surface area (Å²) >= 11 is 0. The molecule has 0 heterocycles. The van der Waals surface area contributed by atoms with E-state index in [-0.39, 0.29) is 18.6 Å². The number of hydrogen-bond donors (Lipinski definition) is 1. The van der Waals surface area contributed by atoms with E-state index < -0.39 is 5.97 Å². The number of esters is 1. The molecule has 4 heteroatoms. The summed E-state index contributed by atoms with van der Waals surface area (Å²) < 4.78 is 5.26. The van der Waals surface area contributed by atoms with E-state index in [0.717, 1.165) is 21.5 Å². The number of hydrogen-bond acceptors (Lipinski definition) is 3. The summed E-state index contributed by atoms with van der Waals surface area (Å²) in [4.78, 5) is 24.4. The van der Waals surface area contributed by atoms with Crippen molar-refractivity contribution >= 4 is 33.4 Å². The number of ether oxygens (including phenoxy) is 1. The minimum atomic E-state index is -0.484. The van der Waals surface area contributed by atoms with Gasteiger partial charge in [-0.3, -0.25) is 4.79 Å². The molecule has 0 aliphatic carbocycles. The Labute approximate surface area is 140 Å². The lowest BCUT2D eigenvalue weighted by molar-refractivity contribution is -0.124. The highest BCUT2D eigenvalue weighted by molar-refractivity contribution is 6.16. The first-order chi connectivity index (χ1) is 11.6. The summed E-state index contributed by atoms with van der Waals surface area (Å²) in [7, 11) is 0. The third kappa shape index (κ3) is 3.23. The molecule has 1 N–H and O–H groups in total. The molecule has 0 spiro atoms. The summed E-state index contributed by atoms with van der Waals surface area (Å²) in [5.74, 6) is -0.787. The van der Waals surface area contributed by atoms with Gasteiger partial charge in [0.05, 0.1) is 5.56 Å². The molecule has 0 aliphatic rings. The topological polar surface area (TPSA) is 55.4 Å². The zero-order valence-corrected chi connectivity index (χ0v) is 13.7. The van der Waals surface area contributed by atoms with Crippen molar-refractivity contribution in [3.63, 3.8) is 0 Å². The highest BCUT2D eigenvalue weighted by atomic mass is 16.5. The molecule has 0 fully saturated rings. The van der Waals surface area contributed by atoms with Crippen molar-refractivity contribution in [1.29, 1.82) is 0 Å². The van der Waals surface area contributed by atoms with Gasteiger partial charge < -0.3 is 10.1 Å². The van der Waals surface area contributed by atoms with Gasteiger partial charge in [0.15, 0.2) is 6.61 Å². The molecule has 0 atom stereocenters. The first-order valence-corrected chi connectivity index (χ1v) is 7.93. The van der Waals surface area contributed by atoms with Crippen molar-refractivity contribution in [1.82, 2.24) is 5.32 Å². The molecular formula is C20H19NO3. The van der Waals surface area contributed by atoms with Gasteiger partial charge >= 0.3 is 5.97 Å². The Bertz CT molecular complexity index is 861. The van der Waals surface area contributed by atoms with Crippen LogP contribution in [0.15, 0.2) is 54.6 Å². The number of carbonyl (C=O) groups excluding carboxylic acids is 2. The average molecular weight is 321 g/mol. The molecule has 0 aromatic heterocycles. The van der Waals surface area contributed by atoms with Crippen LogP contribution in [0, 0.1) is 0 Å². The molecule has 0 aliphatic heterocycles. The van der Waals surface area contributed by atoms with E-state index in [9.17, 15) is 9.59 Å². The molecule has 3 aromatic rings. The monoisotopic (exact) mass is 321 g/mol. The van der Waals surface area contributed by atoms with E-state index in [1.165, 1.54) is 0 Å². The van der Waals surface area contributed by atoms with Crippen molar-refractivity contribution in [2.45, 2.75) is 19.9 Å². The minimum Gasteiger partial charge on any atom is -0.452 e. The zero-order chi connectivity index (χ0) is 17.1. The second-order valence-corrected chi connectivity index (χ2v) is 5.99. The van der Waals surface area contributed by atoms with Gasteiger partial charge in [-0.05, 0) is 41.5 Å². The van der Waals surface area contributed by atoms with Crippen molar-refractivity contribution in [3.8, 4) is 0 Å². The number of rotatable bonds is 4. The molecule has 0 radical (unpaired) electrons. The second-order valence-electron chi connectivity index (χ2n) is 5.99. The number of amides is 1. The van der Waals surface area contributed by atoms with Gasteiger partial charge in [-0.2, -0.15) is 0 Å². The SMILES string of the molecule is CC(C)NC(=O)COC(=O)c1c2ccccc2cc2ccccc12. The van der Waals surface area contributed by atoms with Crippen molar-refractivity contribution in [3.05, 3.63) is 60.2 Å². The van der Waals surface area contributed by atoms with Crippen LogP contribution < -0.4 is 5.32 Å². The van der Waals surface area contributed by atoms with E-state index >= 15 is 0 Å². The van der Waals surface area contributed by atoms with E-state index in [1.54, 1.807) is 0 Å². The molecule has 3 rings (SSSR count). The Morgan fingerprint density at radius 2 is 1.50 bits per heavy atom. The van der Waals surface area contributed by atoms with Crippen LogP contribution in [0.4, 0.5) is 0 Å². The van der Waals surface area contributed by atoms with Crippen LogP contribution in [0.3, 0.4) is 0 Å². The maximum absolute atomic E-state index is 12.7. The van der Waals surface area contributed by atoms with Gasteiger partial charge in [-0.15, -0.1) is 0 Å². The molecular weight excluding hydrogens is 302 g/mol. The first kappa shape index (κ1) is 16.0. The minimum absolute atomic E-state index is 0.00888. The maximum Gasteiger partial charge on any atom is 0.339 e. The number of nitrogens with one attached hydrogen (secondary N) is 1. The van der Waals surface area contributed by atoms with Crippen LogP contribution in [0.5, 0.6) is 0 Å². The highest BCUT2D eigenvalue weighted by Crippen LogP contribution is 2.29. The summed E-state index contributed by atoms with van der Waals surface area (Å²) in [5.41, 5.74) is 0.501. The summed E-state index contributed by atoms with van der Waals surface area (Å²) in [6, 6.07) is 17.4. The summed E-state index contributed by atoms with van der Waals surface area (Å²) in [6.45, 7) is 3.43. The van der Waals surface area contributed by atoms with E-state index in [2.05, 4.69) is 5.32 Å². The lowest BCUT2D eigenvalue weighted by atomic mass is 9.97. The summed E-state index contributed by atoms with van der Waals surface area (Å²) in [6.07, 6.45) is 0. The van der Waals surface area contributed by atoms with Gasteiger partial charge in [0.1, 0.15) is 0 Å². The standard InChI is InChI=1S/C20H19NO3/c1-13(2)21-18(22)12-24-20(23)19-16-9-5-3-7-14(16)11-15-8-4-6-10-17(15)19/h3-11,13H,12H2,1-2H3,(H,21,22). The van der Waals surface area contributed by atoms with Gasteiger partial charge in [-0.25, -0.2) is 4.79 Å². The van der Waals surface area contributed by atoms with Crippen LogP contribution in [0.25, 0.3) is 21.5 Å². The molecule has 0 saturated carbocycles. The van der Waals surface area contributed by atoms with Crippen LogP contribution in [-0.2, 0) is 9.53 Å². The van der Waals surface area contributed by atoms with E-state index in [0.29, 0.717) is 5.56 Å². The normalized spacial score (nSPS) is 11.0. The Morgan fingerprint density at radius 1 is 0.958 bits per heavy atom. The van der Waals surface area contributed by atoms with Gasteiger partial charge in [0.25, 0.3) is 5.91 Å². The maximum atomic E-state index is 12.7. The quantitative estimate of drug-likeness (QED) is 0.589. The van der Waals surface area contributed by atoms with Gasteiger partial charge in [0.2, 0.25) is 0 Å². The third-order valence-corrected chi connectivity index (χ3v) is 3.76. The van der Waals surface area contributed by atoms with Crippen LogP contribution in [0.2, 0.25) is 0 Å². The zero-order valence-electron chi connectivity index (χ0n) is 13.7. The summed E-state index contributed by atoms with van der Waals surface area (Å²) in [5, 5.41) is 6.29. The highest BCUT2D eigenvalue weighted by Gasteiger charge is 2.17. The van der Waals surface area contributed by atoms with Crippen LogP contribution in [-0.4, -0.2) is 24.5 Å². The fourth-order valence-corrected chi connectivity index (χ4v) is 2.80. The fraction of sp³-hybridized carbons (Fsp3) is 0.200. The predicted molar refractivity (Wildman–Crippen MR) is 95.0 cm³/mol. The fourth-order valence-electron chi connectivity index (χ4n) is 2.80. The smallest absolute Gasteiger partial charge is 0.339 e. The van der Waals surface area contributed by atoms with Crippen LogP contribution >= 0.6 is 0 Å². The third-order valence-electron chi connectivity index (χ3n) is 3.76. The van der Waals surface area contributed by atoms with Gasteiger partial charge in [0, 0.05) is 6.04 Å². The molecule has 0 bridgehead atoms. The average Bonchev–Trinajstić information content (AvgIpc) is 2.57. The molecule has 0 unspecified atom stereocenters. The van der Waals surface area contributed by atoms with E-state index in [4.69, 9.17) is 4.74 Å². The molecule has 4 nitrogen and oxygen atoms in total.